The molecule has 3 aromatic rings. The van der Waals surface area contributed by atoms with Gasteiger partial charge in [-0.1, -0.05) is 6.42 Å². The summed E-state index contributed by atoms with van der Waals surface area (Å²) < 4.78 is 14.7. The Labute approximate surface area is 161 Å². The van der Waals surface area contributed by atoms with Crippen LogP contribution in [0.2, 0.25) is 0 Å². The van der Waals surface area contributed by atoms with Crippen LogP contribution in [-0.2, 0) is 0 Å². The molecule has 28 heavy (non-hydrogen) atoms. The summed E-state index contributed by atoms with van der Waals surface area (Å²) in [5, 5.41) is 23.8. The second-order valence-electron chi connectivity index (χ2n) is 7.52. The third-order valence-corrected chi connectivity index (χ3v) is 5.63. The maximum absolute atomic E-state index is 14.7. The summed E-state index contributed by atoms with van der Waals surface area (Å²) in [5.41, 5.74) is 1.76. The molecule has 0 saturated carbocycles. The molecule has 3 atom stereocenters. The first-order chi connectivity index (χ1) is 13.7. The van der Waals surface area contributed by atoms with Crippen molar-refractivity contribution in [2.45, 2.75) is 43.9 Å². The van der Waals surface area contributed by atoms with E-state index in [4.69, 9.17) is 0 Å². The number of hydrogen-bond acceptors (Lipinski definition) is 6. The second kappa shape index (κ2) is 6.91. The van der Waals surface area contributed by atoms with Crippen molar-refractivity contribution < 1.29 is 9.50 Å². The molecule has 142 valence electrons. The van der Waals surface area contributed by atoms with Gasteiger partial charge in [-0.05, 0) is 54.5 Å². The quantitative estimate of drug-likeness (QED) is 0.712. The topological polar surface area (TPSA) is 83.8 Å². The molecule has 2 bridgehead atoms. The summed E-state index contributed by atoms with van der Waals surface area (Å²) in [5.74, 6) is 0.489. The molecule has 4 heterocycles. The number of rotatable bonds is 2. The van der Waals surface area contributed by atoms with Crippen molar-refractivity contribution in [2.24, 2.45) is 0 Å². The molecule has 0 amide bonds. The zero-order chi connectivity index (χ0) is 19.1. The first-order valence-electron chi connectivity index (χ1n) is 9.55. The summed E-state index contributed by atoms with van der Waals surface area (Å²) >= 11 is 0. The number of nitrogens with one attached hydrogen (secondary N) is 1. The van der Waals surface area contributed by atoms with E-state index in [9.17, 15) is 9.50 Å². The molecule has 6 nitrogen and oxygen atoms in total. The molecule has 0 unspecified atom stereocenters. The zero-order valence-corrected chi connectivity index (χ0v) is 15.2. The van der Waals surface area contributed by atoms with E-state index in [1.807, 2.05) is 12.1 Å². The lowest BCUT2D eigenvalue weighted by molar-refractivity contribution is 0.179. The van der Waals surface area contributed by atoms with E-state index >= 15 is 0 Å². The molecule has 0 radical (unpaired) electrons. The number of aromatic nitrogens is 4. The summed E-state index contributed by atoms with van der Waals surface area (Å²) in [6.45, 7) is 0. The first kappa shape index (κ1) is 17.2. The Morgan fingerprint density at radius 1 is 1.14 bits per heavy atom. The van der Waals surface area contributed by atoms with E-state index < -0.39 is 6.17 Å². The highest BCUT2D eigenvalue weighted by atomic mass is 19.1. The van der Waals surface area contributed by atoms with Gasteiger partial charge in [-0.3, -0.25) is 4.98 Å². The number of halogens is 1. The number of benzene rings is 1. The Kier molecular flexibility index (Phi) is 4.24. The molecule has 0 aliphatic carbocycles. The SMILES string of the molecule is Oc1cc2cnccc2cc1-c1cnc(/C=C2\C[C@H]3CCC[C@H](N3)[C@H]2F)nn1. The van der Waals surface area contributed by atoms with Crippen molar-refractivity contribution in [3.05, 3.63) is 48.2 Å². The van der Waals surface area contributed by atoms with E-state index in [2.05, 4.69) is 25.5 Å². The number of nitrogens with zero attached hydrogens (tertiary/aromatic N) is 4. The van der Waals surface area contributed by atoms with Crippen LogP contribution in [0.25, 0.3) is 28.1 Å². The molecule has 2 aliphatic rings. The van der Waals surface area contributed by atoms with Crippen LogP contribution in [0, 0.1) is 0 Å². The van der Waals surface area contributed by atoms with Gasteiger partial charge in [-0.15, -0.1) is 10.2 Å². The number of hydrogen-bond donors (Lipinski definition) is 2. The molecule has 2 aliphatic heterocycles. The summed E-state index contributed by atoms with van der Waals surface area (Å²) in [6.07, 6.45) is 9.38. The lowest BCUT2D eigenvalue weighted by Gasteiger charge is -2.39. The van der Waals surface area contributed by atoms with Crippen molar-refractivity contribution in [1.29, 1.82) is 0 Å². The van der Waals surface area contributed by atoms with Gasteiger partial charge in [-0.25, -0.2) is 9.37 Å². The van der Waals surface area contributed by atoms with Crippen LogP contribution in [0.15, 0.2) is 42.4 Å². The minimum Gasteiger partial charge on any atom is -0.507 e. The smallest absolute Gasteiger partial charge is 0.174 e. The van der Waals surface area contributed by atoms with E-state index in [-0.39, 0.29) is 11.8 Å². The molecule has 2 fully saturated rings. The Hall–Kier alpha value is -2.93. The van der Waals surface area contributed by atoms with Gasteiger partial charge in [0.25, 0.3) is 0 Å². The number of aromatic hydroxyl groups is 1. The fourth-order valence-corrected chi connectivity index (χ4v) is 4.21. The molecule has 0 spiro atoms. The van der Waals surface area contributed by atoms with Crippen LogP contribution >= 0.6 is 0 Å². The number of pyridine rings is 1. The molecule has 2 aromatic heterocycles. The van der Waals surface area contributed by atoms with Crippen molar-refractivity contribution in [3.63, 3.8) is 0 Å². The lowest BCUT2D eigenvalue weighted by Crippen LogP contribution is -2.52. The highest BCUT2D eigenvalue weighted by Gasteiger charge is 2.36. The second-order valence-corrected chi connectivity index (χ2v) is 7.52. The highest BCUT2D eigenvalue weighted by Crippen LogP contribution is 2.33. The van der Waals surface area contributed by atoms with Gasteiger partial charge in [0, 0.05) is 35.4 Å². The first-order valence-corrected chi connectivity index (χ1v) is 9.55. The van der Waals surface area contributed by atoms with Crippen LogP contribution < -0.4 is 5.32 Å². The van der Waals surface area contributed by atoms with E-state index in [0.29, 0.717) is 29.5 Å². The van der Waals surface area contributed by atoms with Crippen molar-refractivity contribution in [1.82, 2.24) is 25.5 Å². The Morgan fingerprint density at radius 2 is 2.07 bits per heavy atom. The van der Waals surface area contributed by atoms with E-state index in [1.165, 1.54) is 0 Å². The van der Waals surface area contributed by atoms with Crippen LogP contribution in [-0.4, -0.2) is 43.5 Å². The van der Waals surface area contributed by atoms with Crippen molar-refractivity contribution in [3.8, 4) is 17.0 Å². The number of piperidine rings is 2. The number of fused-ring (bicyclic) bond motifs is 3. The Bertz CT molecular complexity index is 1050. The third-order valence-electron chi connectivity index (χ3n) is 5.63. The molecular formula is C21H20FN5O. The van der Waals surface area contributed by atoms with Gasteiger partial charge < -0.3 is 10.4 Å². The van der Waals surface area contributed by atoms with E-state index in [1.54, 1.807) is 30.7 Å². The Morgan fingerprint density at radius 3 is 2.93 bits per heavy atom. The van der Waals surface area contributed by atoms with Crippen LogP contribution in [0.3, 0.4) is 0 Å². The number of phenolic OH excluding ortho intramolecular Hbond substituents is 1. The predicted octanol–water partition coefficient (Wildman–Crippen LogP) is 3.43. The monoisotopic (exact) mass is 377 g/mol. The lowest BCUT2D eigenvalue weighted by atomic mass is 9.82. The Balaban J connectivity index is 1.44. The van der Waals surface area contributed by atoms with Gasteiger partial charge in [0.15, 0.2) is 5.82 Å². The standard InChI is InChI=1S/C21H20FN5O/c22-21-13(6-15-2-1-3-17(21)25-15)9-20-24-11-18(26-27-20)16-7-12-4-5-23-10-14(12)8-19(16)28/h4-5,7-11,15,17,21,25,28H,1-3,6H2/b13-9+/t15-,17+,21+/m1/s1. The molecular weight excluding hydrogens is 357 g/mol. The third kappa shape index (κ3) is 3.11. The normalized spacial score (nSPS) is 25.9. The van der Waals surface area contributed by atoms with Crippen LogP contribution in [0.4, 0.5) is 4.39 Å². The fourth-order valence-electron chi connectivity index (χ4n) is 4.21. The maximum atomic E-state index is 14.7. The minimum absolute atomic E-state index is 0.0951. The molecule has 2 saturated heterocycles. The average Bonchev–Trinajstić information content (AvgIpc) is 2.72. The predicted molar refractivity (Wildman–Crippen MR) is 104 cm³/mol. The minimum atomic E-state index is -1.00. The zero-order valence-electron chi connectivity index (χ0n) is 15.2. The van der Waals surface area contributed by atoms with Crippen molar-refractivity contribution >= 4 is 16.8 Å². The number of phenols is 1. The molecule has 5 rings (SSSR count). The largest absolute Gasteiger partial charge is 0.507 e. The maximum Gasteiger partial charge on any atom is 0.174 e. The van der Waals surface area contributed by atoms with Crippen molar-refractivity contribution in [2.75, 3.05) is 0 Å². The number of alkyl halides is 1. The van der Waals surface area contributed by atoms with Crippen LogP contribution in [0.1, 0.15) is 31.5 Å². The summed E-state index contributed by atoms with van der Waals surface area (Å²) in [4.78, 5) is 8.40. The van der Waals surface area contributed by atoms with Gasteiger partial charge in [0.2, 0.25) is 0 Å². The van der Waals surface area contributed by atoms with Crippen LogP contribution in [0.5, 0.6) is 5.75 Å². The summed E-state index contributed by atoms with van der Waals surface area (Å²) in [7, 11) is 0. The van der Waals surface area contributed by atoms with Gasteiger partial charge in [-0.2, -0.15) is 0 Å². The average molecular weight is 377 g/mol. The fraction of sp³-hybridized carbons (Fsp3) is 0.333. The molecule has 2 N–H and O–H groups in total. The van der Waals surface area contributed by atoms with Gasteiger partial charge in [0.1, 0.15) is 17.6 Å². The van der Waals surface area contributed by atoms with E-state index in [0.717, 1.165) is 35.6 Å². The molecule has 1 aromatic carbocycles. The molecule has 7 heteroatoms. The van der Waals surface area contributed by atoms with Gasteiger partial charge in [0.05, 0.1) is 6.20 Å². The van der Waals surface area contributed by atoms with Gasteiger partial charge >= 0.3 is 0 Å². The highest BCUT2D eigenvalue weighted by molar-refractivity contribution is 5.89. The summed E-state index contributed by atoms with van der Waals surface area (Å²) in [6, 6.07) is 5.59.